The van der Waals surface area contributed by atoms with Gasteiger partial charge in [-0.25, -0.2) is 8.42 Å². The van der Waals surface area contributed by atoms with Crippen LogP contribution in [0.2, 0.25) is 5.02 Å². The Bertz CT molecular complexity index is 1460. The summed E-state index contributed by atoms with van der Waals surface area (Å²) >= 11 is 6.09. The molecule has 3 aromatic rings. The highest BCUT2D eigenvalue weighted by molar-refractivity contribution is 7.92. The molecule has 7 nitrogen and oxygen atoms in total. The summed E-state index contributed by atoms with van der Waals surface area (Å²) in [6, 6.07) is 19.9. The number of rotatable bonds is 10. The maximum Gasteiger partial charge on any atom is 0.264 e. The lowest BCUT2D eigenvalue weighted by atomic mass is 9.95. The van der Waals surface area contributed by atoms with Gasteiger partial charge in [0, 0.05) is 17.6 Å². The van der Waals surface area contributed by atoms with Gasteiger partial charge in [0.2, 0.25) is 11.8 Å². The van der Waals surface area contributed by atoms with Gasteiger partial charge >= 0.3 is 0 Å². The third-order valence-electron chi connectivity index (χ3n) is 7.63. The Hall–Kier alpha value is -3.36. The summed E-state index contributed by atoms with van der Waals surface area (Å²) in [6.07, 6.45) is 5.12. The quantitative estimate of drug-likeness (QED) is 0.311. The predicted molar refractivity (Wildman–Crippen MR) is 163 cm³/mol. The van der Waals surface area contributed by atoms with E-state index in [0.29, 0.717) is 10.7 Å². The fourth-order valence-corrected chi connectivity index (χ4v) is 6.78. The lowest BCUT2D eigenvalue weighted by Crippen LogP contribution is -2.53. The summed E-state index contributed by atoms with van der Waals surface area (Å²) in [5, 5.41) is 3.68. The van der Waals surface area contributed by atoms with Crippen LogP contribution in [0.3, 0.4) is 0 Å². The van der Waals surface area contributed by atoms with Crippen LogP contribution in [-0.2, 0) is 26.2 Å². The molecule has 1 aliphatic rings. The Kier molecular flexibility index (Phi) is 10.1. The number of hydrogen-bond acceptors (Lipinski definition) is 4. The first-order valence-electron chi connectivity index (χ1n) is 14.1. The minimum absolute atomic E-state index is 0.0797. The Labute approximate surface area is 248 Å². The van der Waals surface area contributed by atoms with E-state index in [1.807, 2.05) is 26.0 Å². The molecular formula is C32H38ClN3O4S. The third-order valence-corrected chi connectivity index (χ3v) is 9.65. The van der Waals surface area contributed by atoms with Gasteiger partial charge in [-0.2, -0.15) is 0 Å². The van der Waals surface area contributed by atoms with E-state index < -0.39 is 28.5 Å². The van der Waals surface area contributed by atoms with Gasteiger partial charge in [0.1, 0.15) is 12.6 Å². The largest absolute Gasteiger partial charge is 0.352 e. The summed E-state index contributed by atoms with van der Waals surface area (Å²) in [7, 11) is -4.10. The van der Waals surface area contributed by atoms with Gasteiger partial charge in [0.25, 0.3) is 10.0 Å². The Morgan fingerprint density at radius 3 is 2.27 bits per heavy atom. The van der Waals surface area contributed by atoms with Crippen molar-refractivity contribution in [3.63, 3.8) is 0 Å². The number of nitrogens with one attached hydrogen (secondary N) is 1. The maximum absolute atomic E-state index is 14.1. The van der Waals surface area contributed by atoms with E-state index in [-0.39, 0.29) is 23.4 Å². The summed E-state index contributed by atoms with van der Waals surface area (Å²) in [6.45, 7) is 5.05. The number of sulfonamides is 1. The summed E-state index contributed by atoms with van der Waals surface area (Å²) in [4.78, 5) is 29.1. The second kappa shape index (κ2) is 13.5. The molecule has 41 heavy (non-hydrogen) atoms. The standard InChI is InChI=1S/C32H38ClN3O4S/c1-23-14-15-24(2)30(20-23)36(41(39,40)29-12-8-5-9-13-29)22-31(37)35(21-26-16-18-27(33)19-17-26)25(3)32(38)34-28-10-6-4-7-11-28/h5,8-9,12-20,25,28H,4,6-7,10-11,21-22H2,1-3H3,(H,34,38). The van der Waals surface area contributed by atoms with E-state index in [9.17, 15) is 18.0 Å². The van der Waals surface area contributed by atoms with Gasteiger partial charge in [-0.05, 0) is 80.6 Å². The van der Waals surface area contributed by atoms with Crippen LogP contribution in [0.5, 0.6) is 0 Å². The zero-order valence-corrected chi connectivity index (χ0v) is 25.4. The van der Waals surface area contributed by atoms with Crippen molar-refractivity contribution in [2.45, 2.75) is 76.4 Å². The van der Waals surface area contributed by atoms with Gasteiger partial charge < -0.3 is 10.2 Å². The Balaban J connectivity index is 1.69. The number of carbonyl (C=O) groups excluding carboxylic acids is 2. The minimum Gasteiger partial charge on any atom is -0.352 e. The van der Waals surface area contributed by atoms with E-state index in [1.54, 1.807) is 55.5 Å². The maximum atomic E-state index is 14.1. The SMILES string of the molecule is Cc1ccc(C)c(N(CC(=O)N(Cc2ccc(Cl)cc2)C(C)C(=O)NC2CCCCC2)S(=O)(=O)c2ccccc2)c1. The highest BCUT2D eigenvalue weighted by Crippen LogP contribution is 2.28. The lowest BCUT2D eigenvalue weighted by molar-refractivity contribution is -0.139. The van der Waals surface area contributed by atoms with Crippen LogP contribution in [0.25, 0.3) is 0 Å². The van der Waals surface area contributed by atoms with Crippen molar-refractivity contribution in [1.82, 2.24) is 10.2 Å². The average molecular weight is 596 g/mol. The molecule has 0 aromatic heterocycles. The molecule has 9 heteroatoms. The van der Waals surface area contributed by atoms with Crippen molar-refractivity contribution < 1.29 is 18.0 Å². The molecule has 0 bridgehead atoms. The molecule has 1 aliphatic carbocycles. The number of aryl methyl sites for hydroxylation is 2. The fraction of sp³-hybridized carbons (Fsp3) is 0.375. The molecule has 3 aromatic carbocycles. The molecule has 1 saturated carbocycles. The van der Waals surface area contributed by atoms with Crippen molar-refractivity contribution in [3.05, 3.63) is 94.5 Å². The van der Waals surface area contributed by atoms with Gasteiger partial charge in [-0.15, -0.1) is 0 Å². The minimum atomic E-state index is -4.10. The van der Waals surface area contributed by atoms with Crippen LogP contribution < -0.4 is 9.62 Å². The normalized spacial score (nSPS) is 14.7. The van der Waals surface area contributed by atoms with E-state index in [2.05, 4.69) is 5.32 Å². The number of nitrogens with zero attached hydrogens (tertiary/aromatic N) is 2. The average Bonchev–Trinajstić information content (AvgIpc) is 2.97. The van der Waals surface area contributed by atoms with Crippen molar-refractivity contribution in [3.8, 4) is 0 Å². The second-order valence-electron chi connectivity index (χ2n) is 10.8. The number of anilines is 1. The molecule has 0 heterocycles. The predicted octanol–water partition coefficient (Wildman–Crippen LogP) is 6.02. The topological polar surface area (TPSA) is 86.8 Å². The lowest BCUT2D eigenvalue weighted by Gasteiger charge is -2.33. The van der Waals surface area contributed by atoms with E-state index in [1.165, 1.54) is 17.0 Å². The molecule has 4 rings (SSSR count). The Morgan fingerprint density at radius 2 is 1.61 bits per heavy atom. The molecule has 1 N–H and O–H groups in total. The zero-order chi connectivity index (χ0) is 29.6. The molecule has 0 spiro atoms. The monoisotopic (exact) mass is 595 g/mol. The molecular weight excluding hydrogens is 558 g/mol. The summed E-state index contributed by atoms with van der Waals surface area (Å²) < 4.78 is 29.1. The number of carbonyl (C=O) groups is 2. The Morgan fingerprint density at radius 1 is 0.951 bits per heavy atom. The second-order valence-corrected chi connectivity index (χ2v) is 13.1. The van der Waals surface area contributed by atoms with Gasteiger partial charge in [-0.1, -0.05) is 73.3 Å². The van der Waals surface area contributed by atoms with Crippen LogP contribution in [0.4, 0.5) is 5.69 Å². The molecule has 2 amide bonds. The van der Waals surface area contributed by atoms with E-state index in [4.69, 9.17) is 11.6 Å². The van der Waals surface area contributed by atoms with Crippen LogP contribution >= 0.6 is 11.6 Å². The summed E-state index contributed by atoms with van der Waals surface area (Å²) in [5.41, 5.74) is 2.79. The van der Waals surface area contributed by atoms with Crippen molar-refractivity contribution >= 4 is 39.1 Å². The first-order valence-corrected chi connectivity index (χ1v) is 15.9. The van der Waals surface area contributed by atoms with E-state index >= 15 is 0 Å². The highest BCUT2D eigenvalue weighted by atomic mass is 35.5. The molecule has 1 unspecified atom stereocenters. The zero-order valence-electron chi connectivity index (χ0n) is 23.8. The van der Waals surface area contributed by atoms with E-state index in [0.717, 1.165) is 53.1 Å². The number of amides is 2. The van der Waals surface area contributed by atoms with Crippen LogP contribution in [0, 0.1) is 13.8 Å². The van der Waals surface area contributed by atoms with Crippen LogP contribution in [0.1, 0.15) is 55.7 Å². The number of hydrogen-bond donors (Lipinski definition) is 1. The van der Waals surface area contributed by atoms with Gasteiger partial charge in [0.05, 0.1) is 10.6 Å². The highest BCUT2D eigenvalue weighted by Gasteiger charge is 2.33. The summed E-state index contributed by atoms with van der Waals surface area (Å²) in [5.74, 6) is -0.727. The van der Waals surface area contributed by atoms with Crippen LogP contribution in [0.15, 0.2) is 77.7 Å². The smallest absolute Gasteiger partial charge is 0.264 e. The first-order chi connectivity index (χ1) is 19.6. The number of benzene rings is 3. The molecule has 0 radical (unpaired) electrons. The molecule has 0 saturated heterocycles. The van der Waals surface area contributed by atoms with Gasteiger partial charge in [-0.3, -0.25) is 13.9 Å². The van der Waals surface area contributed by atoms with Crippen molar-refractivity contribution in [1.29, 1.82) is 0 Å². The molecule has 1 fully saturated rings. The molecule has 218 valence electrons. The molecule has 0 aliphatic heterocycles. The number of halogens is 1. The first kappa shape index (κ1) is 30.6. The third kappa shape index (κ3) is 7.68. The van der Waals surface area contributed by atoms with Crippen molar-refractivity contribution in [2.24, 2.45) is 0 Å². The fourth-order valence-electron chi connectivity index (χ4n) is 5.16. The molecule has 1 atom stereocenters. The van der Waals surface area contributed by atoms with Crippen molar-refractivity contribution in [2.75, 3.05) is 10.8 Å². The van der Waals surface area contributed by atoms with Crippen LogP contribution in [-0.4, -0.2) is 43.8 Å². The van der Waals surface area contributed by atoms with Gasteiger partial charge in [0.15, 0.2) is 0 Å².